The van der Waals surface area contributed by atoms with Gasteiger partial charge in [0.15, 0.2) is 5.82 Å². The van der Waals surface area contributed by atoms with Gasteiger partial charge in [-0.15, -0.1) is 0 Å². The number of phenolic OH excluding ortho intramolecular Hbond substituents is 1. The lowest BCUT2D eigenvalue weighted by atomic mass is 10.0. The number of anilines is 2. The monoisotopic (exact) mass is 627 g/mol. The van der Waals surface area contributed by atoms with E-state index in [-0.39, 0.29) is 22.7 Å². The van der Waals surface area contributed by atoms with Crippen LogP contribution in [-0.4, -0.2) is 74.0 Å². The van der Waals surface area contributed by atoms with Gasteiger partial charge in [0.1, 0.15) is 29.1 Å². The number of hydrogen-bond acceptors (Lipinski definition) is 9. The van der Waals surface area contributed by atoms with Crippen molar-refractivity contribution in [3.8, 4) is 22.6 Å². The molecule has 4 aromatic heterocycles. The fourth-order valence-electron chi connectivity index (χ4n) is 5.27. The van der Waals surface area contributed by atoms with Crippen LogP contribution in [0.4, 0.5) is 11.5 Å². The maximum Gasteiger partial charge on any atom is 0.282 e. The lowest BCUT2D eigenvalue weighted by molar-refractivity contribution is 0.432. The van der Waals surface area contributed by atoms with Crippen molar-refractivity contribution in [2.24, 2.45) is 0 Å². The number of aromatic nitrogens is 6. The van der Waals surface area contributed by atoms with Gasteiger partial charge in [-0.05, 0) is 69.4 Å². The topological polar surface area (TPSA) is 163 Å². The van der Waals surface area contributed by atoms with Crippen LogP contribution in [0.5, 0.6) is 5.75 Å². The normalized spacial score (nSPS) is 12.6. The molecule has 0 fully saturated rings. The molecule has 1 unspecified atom stereocenters. The van der Waals surface area contributed by atoms with E-state index >= 15 is 0 Å². The summed E-state index contributed by atoms with van der Waals surface area (Å²) in [6.45, 7) is 4.11. The van der Waals surface area contributed by atoms with Gasteiger partial charge in [-0.1, -0.05) is 18.2 Å². The average molecular weight is 628 g/mol. The number of aromatic hydroxyl groups is 1. The van der Waals surface area contributed by atoms with Crippen LogP contribution in [0, 0.1) is 6.92 Å². The molecule has 13 nitrogen and oxygen atoms in total. The summed E-state index contributed by atoms with van der Waals surface area (Å²) in [5, 5.41) is 19.4. The summed E-state index contributed by atoms with van der Waals surface area (Å²) in [6.07, 6.45) is 4.90. The summed E-state index contributed by atoms with van der Waals surface area (Å²) >= 11 is 0. The van der Waals surface area contributed by atoms with Crippen molar-refractivity contribution in [2.45, 2.75) is 19.9 Å². The minimum absolute atomic E-state index is 0.103. The summed E-state index contributed by atoms with van der Waals surface area (Å²) < 4.78 is 31.1. The second-order valence-corrected chi connectivity index (χ2v) is 13.0. The Labute approximate surface area is 259 Å². The van der Waals surface area contributed by atoms with Gasteiger partial charge in [-0.2, -0.15) is 5.10 Å². The molecule has 0 saturated carbocycles. The maximum absolute atomic E-state index is 13.8. The Morgan fingerprint density at radius 2 is 1.87 bits per heavy atom. The van der Waals surface area contributed by atoms with E-state index < -0.39 is 16.1 Å². The molecule has 0 aliphatic rings. The first-order valence-electron chi connectivity index (χ1n) is 14.3. The predicted octanol–water partition coefficient (Wildman–Crippen LogP) is 3.91. The summed E-state index contributed by atoms with van der Waals surface area (Å²) in [5.41, 5.74) is 3.72. The number of rotatable bonds is 10. The summed E-state index contributed by atoms with van der Waals surface area (Å²) in [6, 6.07) is 15.2. The van der Waals surface area contributed by atoms with Crippen molar-refractivity contribution < 1.29 is 13.5 Å². The molecule has 0 aliphatic heterocycles. The van der Waals surface area contributed by atoms with E-state index in [4.69, 9.17) is 5.10 Å². The van der Waals surface area contributed by atoms with Crippen molar-refractivity contribution in [2.75, 3.05) is 36.4 Å². The Hall–Kier alpha value is -5.21. The number of aryl methyl sites for hydroxylation is 1. The van der Waals surface area contributed by atoms with Gasteiger partial charge in [0.25, 0.3) is 5.56 Å². The van der Waals surface area contributed by atoms with Crippen LogP contribution in [0.15, 0.2) is 78.1 Å². The Morgan fingerprint density at radius 1 is 1.09 bits per heavy atom. The second-order valence-electron chi connectivity index (χ2n) is 11.1. The van der Waals surface area contributed by atoms with Crippen molar-refractivity contribution >= 4 is 38.1 Å². The molecule has 2 aromatic carbocycles. The standard InChI is InChI=1S/C31H33N9O4S/c1-19-10-11-39-27(19)31(42)40(23-8-6-5-7-9-23)30(36-39)20(2)35-29-26-25(17-32-28(26)33-18-34-29)21-14-22(16-24(41)15-21)37-45(43,44)13-12-38(3)4/h5-11,14-18,20,37,41H,12-13H2,1-4H3,(H2,32,33,34,35). The number of H-pyrrole nitrogens is 1. The fraction of sp³-hybridized carbons (Fsp3) is 0.226. The average Bonchev–Trinajstić information content (AvgIpc) is 3.60. The molecule has 45 heavy (non-hydrogen) atoms. The number of para-hydroxylation sites is 1. The predicted molar refractivity (Wildman–Crippen MR) is 175 cm³/mol. The number of phenols is 1. The van der Waals surface area contributed by atoms with Crippen LogP contribution >= 0.6 is 0 Å². The third-order valence-corrected chi connectivity index (χ3v) is 8.71. The lowest BCUT2D eigenvalue weighted by Crippen LogP contribution is -2.29. The summed E-state index contributed by atoms with van der Waals surface area (Å²) in [5.74, 6) is 0.704. The fourth-order valence-corrected chi connectivity index (χ4v) is 6.45. The zero-order chi connectivity index (χ0) is 31.9. The highest BCUT2D eigenvalue weighted by Gasteiger charge is 2.22. The third-order valence-electron chi connectivity index (χ3n) is 7.45. The number of nitrogens with zero attached hydrogens (tertiary/aromatic N) is 6. The third kappa shape index (κ3) is 5.97. The zero-order valence-corrected chi connectivity index (χ0v) is 26.0. The van der Waals surface area contributed by atoms with Crippen LogP contribution in [-0.2, 0) is 10.0 Å². The molecule has 0 amide bonds. The summed E-state index contributed by atoms with van der Waals surface area (Å²) in [7, 11) is -0.0669. The quantitative estimate of drug-likeness (QED) is 0.176. The highest BCUT2D eigenvalue weighted by atomic mass is 32.2. The first kappa shape index (κ1) is 29.8. The minimum Gasteiger partial charge on any atom is -0.508 e. The van der Waals surface area contributed by atoms with Crippen LogP contribution in [0.1, 0.15) is 24.4 Å². The van der Waals surface area contributed by atoms with Crippen LogP contribution in [0.25, 0.3) is 33.4 Å². The van der Waals surface area contributed by atoms with E-state index in [1.807, 2.05) is 50.2 Å². The summed E-state index contributed by atoms with van der Waals surface area (Å²) in [4.78, 5) is 27.6. The van der Waals surface area contributed by atoms with Crippen molar-refractivity contribution in [1.29, 1.82) is 0 Å². The molecule has 6 rings (SSSR count). The lowest BCUT2D eigenvalue weighted by Gasteiger charge is -2.20. The molecule has 0 spiro atoms. The molecular formula is C31H33N9O4S. The molecule has 1 atom stereocenters. The van der Waals surface area contributed by atoms with Crippen LogP contribution in [0.2, 0.25) is 0 Å². The second kappa shape index (κ2) is 11.7. The molecule has 6 aromatic rings. The van der Waals surface area contributed by atoms with Crippen molar-refractivity contribution in [3.63, 3.8) is 0 Å². The van der Waals surface area contributed by atoms with Gasteiger partial charge >= 0.3 is 0 Å². The molecule has 0 bridgehead atoms. The maximum atomic E-state index is 13.8. The number of hydrogen-bond donors (Lipinski definition) is 4. The molecule has 14 heteroatoms. The van der Waals surface area contributed by atoms with E-state index in [9.17, 15) is 18.3 Å². The number of nitrogens with one attached hydrogen (secondary N) is 3. The van der Waals surface area contributed by atoms with Gasteiger partial charge in [-0.25, -0.2) is 22.9 Å². The van der Waals surface area contributed by atoms with Gasteiger partial charge in [0.05, 0.1) is 28.6 Å². The van der Waals surface area contributed by atoms with Crippen molar-refractivity contribution in [3.05, 3.63) is 95.1 Å². The highest BCUT2D eigenvalue weighted by molar-refractivity contribution is 7.92. The molecular weight excluding hydrogens is 594 g/mol. The van der Waals surface area contributed by atoms with Gasteiger partial charge in [-0.3, -0.25) is 14.1 Å². The van der Waals surface area contributed by atoms with E-state index in [1.165, 1.54) is 18.5 Å². The molecule has 0 radical (unpaired) electrons. The largest absolute Gasteiger partial charge is 0.508 e. The van der Waals surface area contributed by atoms with Crippen LogP contribution < -0.4 is 15.6 Å². The Balaban J connectivity index is 1.41. The Kier molecular flexibility index (Phi) is 7.76. The van der Waals surface area contributed by atoms with E-state index in [1.54, 1.807) is 46.5 Å². The van der Waals surface area contributed by atoms with Gasteiger partial charge in [0.2, 0.25) is 10.0 Å². The van der Waals surface area contributed by atoms with Crippen molar-refractivity contribution in [1.82, 2.24) is 34.0 Å². The van der Waals surface area contributed by atoms with E-state index in [0.29, 0.717) is 51.6 Å². The zero-order valence-electron chi connectivity index (χ0n) is 25.2. The van der Waals surface area contributed by atoms with Gasteiger partial charge < -0.3 is 20.3 Å². The highest BCUT2D eigenvalue weighted by Crippen LogP contribution is 2.36. The first-order chi connectivity index (χ1) is 21.5. The van der Waals surface area contributed by atoms with E-state index in [0.717, 1.165) is 5.56 Å². The Morgan fingerprint density at radius 3 is 2.62 bits per heavy atom. The van der Waals surface area contributed by atoms with Crippen LogP contribution in [0.3, 0.4) is 0 Å². The SMILES string of the molecule is Cc1ccn2nc(C(C)Nc3ncnc4[nH]cc(-c5cc(O)cc(NS(=O)(=O)CCN(C)C)c5)c34)n(-c3ccccc3)c(=O)c12. The number of sulfonamides is 1. The van der Waals surface area contributed by atoms with E-state index in [2.05, 4.69) is 25.0 Å². The molecule has 232 valence electrons. The Bertz CT molecular complexity index is 2190. The molecule has 4 N–H and O–H groups in total. The smallest absolute Gasteiger partial charge is 0.282 e. The first-order valence-corrected chi connectivity index (χ1v) is 15.9. The number of benzene rings is 2. The minimum atomic E-state index is -3.66. The molecule has 0 saturated heterocycles. The molecule has 4 heterocycles. The molecule has 0 aliphatic carbocycles. The van der Waals surface area contributed by atoms with Gasteiger partial charge in [0, 0.05) is 30.6 Å². The number of fused-ring (bicyclic) bond motifs is 2. The number of aromatic amines is 1.